The van der Waals surface area contributed by atoms with Gasteiger partial charge in [0.05, 0.1) is 18.2 Å². The van der Waals surface area contributed by atoms with E-state index in [1.807, 2.05) is 6.92 Å². The number of aromatic nitrogens is 2. The first-order valence-electron chi connectivity index (χ1n) is 4.53. The standard InChI is InChI=1S/C9H12Cl2N4/c1-6(3-4-12)13-5-7-8(10)14-9(11)15(7)2/h6,13H,3,5H2,1-2H3. The maximum absolute atomic E-state index is 8.49. The normalized spacial score (nSPS) is 12.5. The Bertz CT molecular complexity index is 380. The number of nitrogens with zero attached hydrogens (tertiary/aromatic N) is 3. The fourth-order valence-electron chi connectivity index (χ4n) is 1.14. The SMILES string of the molecule is CC(CC#N)NCc1c(Cl)nc(Cl)n1C. The second-order valence-electron chi connectivity index (χ2n) is 3.32. The van der Waals surface area contributed by atoms with Crippen molar-refractivity contribution in [1.82, 2.24) is 14.9 Å². The van der Waals surface area contributed by atoms with Crippen LogP contribution in [-0.4, -0.2) is 15.6 Å². The van der Waals surface area contributed by atoms with E-state index in [0.29, 0.717) is 23.4 Å². The first-order chi connectivity index (χ1) is 7.06. The lowest BCUT2D eigenvalue weighted by atomic mass is 10.2. The molecular formula is C9H12Cl2N4. The molecule has 0 saturated heterocycles. The molecule has 0 aromatic carbocycles. The van der Waals surface area contributed by atoms with Crippen LogP contribution in [0.1, 0.15) is 19.0 Å². The molecule has 1 aromatic heterocycles. The predicted octanol–water partition coefficient (Wildman–Crippen LogP) is 2.12. The molecule has 0 fully saturated rings. The number of nitriles is 1. The Morgan fingerprint density at radius 2 is 2.27 bits per heavy atom. The van der Waals surface area contributed by atoms with Crippen LogP contribution >= 0.6 is 23.2 Å². The van der Waals surface area contributed by atoms with Gasteiger partial charge in [0.25, 0.3) is 0 Å². The van der Waals surface area contributed by atoms with Crippen molar-refractivity contribution in [1.29, 1.82) is 5.26 Å². The molecule has 0 amide bonds. The van der Waals surface area contributed by atoms with Gasteiger partial charge in [0.1, 0.15) is 0 Å². The monoisotopic (exact) mass is 246 g/mol. The van der Waals surface area contributed by atoms with Crippen molar-refractivity contribution >= 4 is 23.2 Å². The minimum Gasteiger partial charge on any atom is -0.319 e. The van der Waals surface area contributed by atoms with Crippen LogP contribution in [0.15, 0.2) is 0 Å². The average Bonchev–Trinajstić information content (AvgIpc) is 2.40. The van der Waals surface area contributed by atoms with Crippen molar-refractivity contribution < 1.29 is 0 Å². The number of nitrogens with one attached hydrogen (secondary N) is 1. The summed E-state index contributed by atoms with van der Waals surface area (Å²) in [7, 11) is 1.80. The molecule has 1 heterocycles. The summed E-state index contributed by atoms with van der Waals surface area (Å²) in [5, 5.41) is 12.4. The molecule has 0 aliphatic rings. The van der Waals surface area contributed by atoms with Crippen LogP contribution in [-0.2, 0) is 13.6 Å². The third-order valence-electron chi connectivity index (χ3n) is 2.13. The molecule has 6 heteroatoms. The van der Waals surface area contributed by atoms with Crippen LogP contribution in [0.25, 0.3) is 0 Å². The molecule has 82 valence electrons. The van der Waals surface area contributed by atoms with Gasteiger partial charge in [-0.15, -0.1) is 0 Å². The number of hydrogen-bond donors (Lipinski definition) is 1. The van der Waals surface area contributed by atoms with Crippen molar-refractivity contribution in [3.63, 3.8) is 0 Å². The van der Waals surface area contributed by atoms with Gasteiger partial charge >= 0.3 is 0 Å². The average molecular weight is 247 g/mol. The van der Waals surface area contributed by atoms with Crippen LogP contribution in [0.2, 0.25) is 10.4 Å². The summed E-state index contributed by atoms with van der Waals surface area (Å²) in [6.07, 6.45) is 0.462. The molecule has 1 unspecified atom stereocenters. The van der Waals surface area contributed by atoms with E-state index < -0.39 is 0 Å². The topological polar surface area (TPSA) is 53.6 Å². The molecule has 1 rings (SSSR count). The highest BCUT2D eigenvalue weighted by atomic mass is 35.5. The molecular weight excluding hydrogens is 235 g/mol. The summed E-state index contributed by atoms with van der Waals surface area (Å²) in [6, 6.07) is 2.22. The van der Waals surface area contributed by atoms with Crippen molar-refractivity contribution in [3.8, 4) is 6.07 Å². The minimum absolute atomic E-state index is 0.125. The van der Waals surface area contributed by atoms with Crippen LogP contribution in [0.5, 0.6) is 0 Å². The molecule has 1 N–H and O–H groups in total. The summed E-state index contributed by atoms with van der Waals surface area (Å²) in [5.74, 6) is 0. The molecule has 0 radical (unpaired) electrons. The Morgan fingerprint density at radius 3 is 2.73 bits per heavy atom. The number of halogens is 2. The van der Waals surface area contributed by atoms with E-state index in [0.717, 1.165) is 5.69 Å². The van der Waals surface area contributed by atoms with Gasteiger partial charge in [0, 0.05) is 19.6 Å². The zero-order valence-electron chi connectivity index (χ0n) is 8.59. The summed E-state index contributed by atoms with van der Waals surface area (Å²) >= 11 is 11.7. The lowest BCUT2D eigenvalue weighted by molar-refractivity contribution is 0.543. The predicted molar refractivity (Wildman–Crippen MR) is 59.8 cm³/mol. The van der Waals surface area contributed by atoms with Gasteiger partial charge in [0.15, 0.2) is 5.15 Å². The zero-order valence-corrected chi connectivity index (χ0v) is 10.1. The van der Waals surface area contributed by atoms with Gasteiger partial charge in [-0.25, -0.2) is 4.98 Å². The van der Waals surface area contributed by atoms with E-state index in [1.54, 1.807) is 11.6 Å². The van der Waals surface area contributed by atoms with Crippen molar-refractivity contribution in [2.75, 3.05) is 0 Å². The molecule has 15 heavy (non-hydrogen) atoms. The quantitative estimate of drug-likeness (QED) is 0.886. The summed E-state index contributed by atoms with van der Waals surface area (Å²) in [6.45, 7) is 2.49. The second kappa shape index (κ2) is 5.36. The molecule has 0 saturated carbocycles. The smallest absolute Gasteiger partial charge is 0.204 e. The van der Waals surface area contributed by atoms with Gasteiger partial charge < -0.3 is 9.88 Å². The van der Waals surface area contributed by atoms with E-state index in [-0.39, 0.29) is 6.04 Å². The number of hydrogen-bond acceptors (Lipinski definition) is 3. The second-order valence-corrected chi connectivity index (χ2v) is 4.02. The highest BCUT2D eigenvalue weighted by molar-refractivity contribution is 6.32. The third kappa shape index (κ3) is 3.10. The first kappa shape index (κ1) is 12.3. The molecule has 1 atom stereocenters. The zero-order chi connectivity index (χ0) is 11.4. The van der Waals surface area contributed by atoms with E-state index in [2.05, 4.69) is 16.4 Å². The Morgan fingerprint density at radius 1 is 1.60 bits per heavy atom. The lowest BCUT2D eigenvalue weighted by Gasteiger charge is -2.10. The highest BCUT2D eigenvalue weighted by Gasteiger charge is 2.11. The van der Waals surface area contributed by atoms with E-state index in [4.69, 9.17) is 28.5 Å². The fraction of sp³-hybridized carbons (Fsp3) is 0.556. The Labute approximate surface area is 98.8 Å². The van der Waals surface area contributed by atoms with Gasteiger partial charge in [-0.1, -0.05) is 11.6 Å². The van der Waals surface area contributed by atoms with E-state index in [1.165, 1.54) is 0 Å². The third-order valence-corrected chi connectivity index (χ3v) is 2.77. The molecule has 0 spiro atoms. The summed E-state index contributed by atoms with van der Waals surface area (Å²) in [4.78, 5) is 3.92. The molecule has 0 aliphatic heterocycles. The van der Waals surface area contributed by atoms with Crippen LogP contribution in [0.3, 0.4) is 0 Å². The van der Waals surface area contributed by atoms with Crippen LogP contribution < -0.4 is 5.32 Å². The summed E-state index contributed by atoms with van der Waals surface area (Å²) < 4.78 is 1.72. The fourth-order valence-corrected chi connectivity index (χ4v) is 1.65. The van der Waals surface area contributed by atoms with Gasteiger partial charge in [-0.05, 0) is 18.5 Å². The van der Waals surface area contributed by atoms with Crippen molar-refractivity contribution in [2.24, 2.45) is 7.05 Å². The molecule has 1 aromatic rings. The first-order valence-corrected chi connectivity index (χ1v) is 5.28. The van der Waals surface area contributed by atoms with Gasteiger partial charge in [-0.2, -0.15) is 5.26 Å². The van der Waals surface area contributed by atoms with E-state index in [9.17, 15) is 0 Å². The molecule has 0 bridgehead atoms. The number of imidazole rings is 1. The summed E-state index contributed by atoms with van der Waals surface area (Å²) in [5.41, 5.74) is 0.825. The maximum atomic E-state index is 8.49. The largest absolute Gasteiger partial charge is 0.319 e. The van der Waals surface area contributed by atoms with Crippen LogP contribution in [0.4, 0.5) is 0 Å². The van der Waals surface area contributed by atoms with Crippen LogP contribution in [0, 0.1) is 11.3 Å². The maximum Gasteiger partial charge on any atom is 0.204 e. The Balaban J connectivity index is 2.62. The Hall–Kier alpha value is -0.760. The molecule has 4 nitrogen and oxygen atoms in total. The van der Waals surface area contributed by atoms with Crippen molar-refractivity contribution in [2.45, 2.75) is 25.9 Å². The highest BCUT2D eigenvalue weighted by Crippen LogP contribution is 2.19. The Kier molecular flexibility index (Phi) is 4.40. The van der Waals surface area contributed by atoms with E-state index >= 15 is 0 Å². The molecule has 0 aliphatic carbocycles. The number of rotatable bonds is 4. The van der Waals surface area contributed by atoms with Gasteiger partial charge in [0.2, 0.25) is 5.28 Å². The van der Waals surface area contributed by atoms with Gasteiger partial charge in [-0.3, -0.25) is 0 Å². The van der Waals surface area contributed by atoms with Crippen molar-refractivity contribution in [3.05, 3.63) is 16.1 Å². The minimum atomic E-state index is 0.125. The lowest BCUT2D eigenvalue weighted by Crippen LogP contribution is -2.26.